The number of ether oxygens (including phenoxy) is 1. The standard InChI is InChI=1S/C11H24N2O/c1-4-13(8-10(2)14-3)9-11-6-5-7-12-11/h10-12H,4-9H2,1-3H3. The molecule has 0 bridgehead atoms. The highest BCUT2D eigenvalue weighted by molar-refractivity contribution is 4.78. The Kier molecular flexibility index (Phi) is 5.45. The highest BCUT2D eigenvalue weighted by Crippen LogP contribution is 2.07. The lowest BCUT2D eigenvalue weighted by atomic mass is 10.2. The first kappa shape index (κ1) is 12.0. The van der Waals surface area contributed by atoms with Gasteiger partial charge in [0.05, 0.1) is 6.10 Å². The Morgan fingerprint density at radius 1 is 1.57 bits per heavy atom. The Balaban J connectivity index is 2.22. The van der Waals surface area contributed by atoms with E-state index in [4.69, 9.17) is 4.74 Å². The van der Waals surface area contributed by atoms with Gasteiger partial charge in [0.25, 0.3) is 0 Å². The molecule has 1 fully saturated rings. The van der Waals surface area contributed by atoms with Gasteiger partial charge in [-0.25, -0.2) is 0 Å². The van der Waals surface area contributed by atoms with Crippen LogP contribution in [0.3, 0.4) is 0 Å². The van der Waals surface area contributed by atoms with E-state index in [2.05, 4.69) is 24.1 Å². The van der Waals surface area contributed by atoms with Gasteiger partial charge in [0, 0.05) is 26.2 Å². The lowest BCUT2D eigenvalue weighted by Gasteiger charge is -2.26. The summed E-state index contributed by atoms with van der Waals surface area (Å²) in [4.78, 5) is 2.47. The Bertz CT molecular complexity index is 146. The highest BCUT2D eigenvalue weighted by Gasteiger charge is 2.17. The molecule has 3 nitrogen and oxygen atoms in total. The fourth-order valence-corrected chi connectivity index (χ4v) is 2.00. The average molecular weight is 200 g/mol. The molecule has 0 saturated carbocycles. The Labute approximate surface area is 87.8 Å². The molecular weight excluding hydrogens is 176 g/mol. The lowest BCUT2D eigenvalue weighted by Crippen LogP contribution is -2.40. The predicted molar refractivity (Wildman–Crippen MR) is 59.6 cm³/mol. The minimum atomic E-state index is 0.344. The second kappa shape index (κ2) is 6.38. The van der Waals surface area contributed by atoms with E-state index in [-0.39, 0.29) is 0 Å². The van der Waals surface area contributed by atoms with Crippen LogP contribution in [0.2, 0.25) is 0 Å². The highest BCUT2D eigenvalue weighted by atomic mass is 16.5. The summed E-state index contributed by atoms with van der Waals surface area (Å²) >= 11 is 0. The summed E-state index contributed by atoms with van der Waals surface area (Å²) in [7, 11) is 1.78. The summed E-state index contributed by atoms with van der Waals surface area (Å²) in [5.74, 6) is 0. The van der Waals surface area contributed by atoms with Crippen molar-refractivity contribution < 1.29 is 4.74 Å². The van der Waals surface area contributed by atoms with Crippen molar-refractivity contribution in [3.63, 3.8) is 0 Å². The van der Waals surface area contributed by atoms with Crippen molar-refractivity contribution in [2.24, 2.45) is 0 Å². The topological polar surface area (TPSA) is 24.5 Å². The second-order valence-corrected chi connectivity index (χ2v) is 4.19. The molecule has 1 aliphatic rings. The minimum Gasteiger partial charge on any atom is -0.380 e. The van der Waals surface area contributed by atoms with E-state index in [0.29, 0.717) is 12.1 Å². The Morgan fingerprint density at radius 2 is 2.36 bits per heavy atom. The molecule has 2 atom stereocenters. The average Bonchev–Trinajstić information content (AvgIpc) is 2.69. The summed E-state index contributed by atoms with van der Waals surface area (Å²) in [6.07, 6.45) is 3.01. The van der Waals surface area contributed by atoms with Crippen LogP contribution >= 0.6 is 0 Å². The molecule has 1 saturated heterocycles. The summed E-state index contributed by atoms with van der Waals surface area (Å²) in [5, 5.41) is 3.53. The van der Waals surface area contributed by atoms with Gasteiger partial charge in [-0.2, -0.15) is 0 Å². The van der Waals surface area contributed by atoms with E-state index in [1.807, 2.05) is 0 Å². The Morgan fingerprint density at radius 3 is 2.86 bits per heavy atom. The number of nitrogens with zero attached hydrogens (tertiary/aromatic N) is 1. The summed E-state index contributed by atoms with van der Waals surface area (Å²) in [5.41, 5.74) is 0. The van der Waals surface area contributed by atoms with Crippen molar-refractivity contribution in [2.75, 3.05) is 33.3 Å². The molecule has 0 aromatic rings. The maximum absolute atomic E-state index is 5.28. The first-order chi connectivity index (χ1) is 6.76. The van der Waals surface area contributed by atoms with E-state index in [9.17, 15) is 0 Å². The molecular formula is C11H24N2O. The fourth-order valence-electron chi connectivity index (χ4n) is 2.00. The van der Waals surface area contributed by atoms with Crippen molar-refractivity contribution in [3.05, 3.63) is 0 Å². The molecule has 84 valence electrons. The van der Waals surface area contributed by atoms with Gasteiger partial charge >= 0.3 is 0 Å². The number of methoxy groups -OCH3 is 1. The first-order valence-electron chi connectivity index (χ1n) is 5.74. The Hall–Kier alpha value is -0.120. The maximum Gasteiger partial charge on any atom is 0.0670 e. The van der Waals surface area contributed by atoms with Crippen LogP contribution in [0.4, 0.5) is 0 Å². The number of hydrogen-bond acceptors (Lipinski definition) is 3. The van der Waals surface area contributed by atoms with Crippen LogP contribution in [0.5, 0.6) is 0 Å². The van der Waals surface area contributed by atoms with Gasteiger partial charge < -0.3 is 10.1 Å². The first-order valence-corrected chi connectivity index (χ1v) is 5.74. The molecule has 1 heterocycles. The molecule has 0 aromatic carbocycles. The zero-order chi connectivity index (χ0) is 10.4. The van der Waals surface area contributed by atoms with Crippen LogP contribution in [-0.2, 0) is 4.74 Å². The number of rotatable bonds is 6. The molecule has 0 aliphatic carbocycles. The zero-order valence-electron chi connectivity index (χ0n) is 9.75. The number of nitrogens with one attached hydrogen (secondary N) is 1. The molecule has 0 radical (unpaired) electrons. The van der Waals surface area contributed by atoms with Gasteiger partial charge in [-0.3, -0.25) is 4.90 Å². The normalized spacial score (nSPS) is 24.4. The fraction of sp³-hybridized carbons (Fsp3) is 1.00. The SMILES string of the molecule is CCN(CC1CCCN1)CC(C)OC. The van der Waals surface area contributed by atoms with Gasteiger partial charge in [0.2, 0.25) is 0 Å². The molecule has 0 spiro atoms. The third-order valence-electron chi connectivity index (χ3n) is 3.01. The van der Waals surface area contributed by atoms with E-state index < -0.39 is 0 Å². The van der Waals surface area contributed by atoms with Crippen molar-refractivity contribution in [3.8, 4) is 0 Å². The third-order valence-corrected chi connectivity index (χ3v) is 3.01. The quantitative estimate of drug-likeness (QED) is 0.695. The number of hydrogen-bond donors (Lipinski definition) is 1. The molecule has 1 rings (SSSR count). The lowest BCUT2D eigenvalue weighted by molar-refractivity contribution is 0.0760. The van der Waals surface area contributed by atoms with Crippen LogP contribution in [-0.4, -0.2) is 50.3 Å². The maximum atomic E-state index is 5.28. The van der Waals surface area contributed by atoms with E-state index >= 15 is 0 Å². The van der Waals surface area contributed by atoms with E-state index in [0.717, 1.165) is 13.1 Å². The molecule has 0 amide bonds. The van der Waals surface area contributed by atoms with Crippen LogP contribution in [0, 0.1) is 0 Å². The smallest absolute Gasteiger partial charge is 0.0670 e. The van der Waals surface area contributed by atoms with Crippen molar-refractivity contribution in [1.82, 2.24) is 10.2 Å². The van der Waals surface area contributed by atoms with Crippen molar-refractivity contribution in [1.29, 1.82) is 0 Å². The van der Waals surface area contributed by atoms with Crippen molar-refractivity contribution in [2.45, 2.75) is 38.8 Å². The van der Waals surface area contributed by atoms with Crippen LogP contribution in [0.1, 0.15) is 26.7 Å². The summed E-state index contributed by atoms with van der Waals surface area (Å²) in [6.45, 7) is 8.88. The molecule has 1 N–H and O–H groups in total. The third kappa shape index (κ3) is 3.95. The monoisotopic (exact) mass is 200 g/mol. The number of likely N-dealkylation sites (N-methyl/N-ethyl adjacent to an activating group) is 1. The van der Waals surface area contributed by atoms with E-state index in [1.165, 1.54) is 25.9 Å². The van der Waals surface area contributed by atoms with Gasteiger partial charge in [-0.15, -0.1) is 0 Å². The van der Waals surface area contributed by atoms with Crippen LogP contribution < -0.4 is 5.32 Å². The molecule has 1 aliphatic heterocycles. The van der Waals surface area contributed by atoms with Crippen LogP contribution in [0.15, 0.2) is 0 Å². The summed E-state index contributed by atoms with van der Waals surface area (Å²) < 4.78 is 5.28. The van der Waals surface area contributed by atoms with Gasteiger partial charge in [-0.05, 0) is 32.9 Å². The molecule has 2 unspecified atom stereocenters. The van der Waals surface area contributed by atoms with Crippen LogP contribution in [0.25, 0.3) is 0 Å². The van der Waals surface area contributed by atoms with Gasteiger partial charge in [0.15, 0.2) is 0 Å². The second-order valence-electron chi connectivity index (χ2n) is 4.19. The van der Waals surface area contributed by atoms with Crippen molar-refractivity contribution >= 4 is 0 Å². The molecule has 3 heteroatoms. The zero-order valence-corrected chi connectivity index (χ0v) is 9.75. The largest absolute Gasteiger partial charge is 0.380 e. The summed E-state index contributed by atoms with van der Waals surface area (Å²) in [6, 6.07) is 0.707. The van der Waals surface area contributed by atoms with Gasteiger partial charge in [-0.1, -0.05) is 6.92 Å². The molecule has 14 heavy (non-hydrogen) atoms. The predicted octanol–water partition coefficient (Wildman–Crippen LogP) is 1.10. The van der Waals surface area contributed by atoms with Gasteiger partial charge in [0.1, 0.15) is 0 Å². The molecule has 0 aromatic heterocycles. The van der Waals surface area contributed by atoms with E-state index in [1.54, 1.807) is 7.11 Å². The minimum absolute atomic E-state index is 0.344.